The van der Waals surface area contributed by atoms with E-state index >= 15 is 0 Å². The number of anilines is 1. The molecule has 0 aromatic heterocycles. The first kappa shape index (κ1) is 19.7. The van der Waals surface area contributed by atoms with E-state index in [0.29, 0.717) is 23.5 Å². The zero-order valence-electron chi connectivity index (χ0n) is 14.5. The quantitative estimate of drug-likeness (QED) is 0.640. The van der Waals surface area contributed by atoms with Crippen LogP contribution in [0.1, 0.15) is 22.8 Å². The molecule has 0 aliphatic carbocycles. The van der Waals surface area contributed by atoms with Crippen LogP contribution in [0.15, 0.2) is 59.6 Å². The first-order valence-corrected chi connectivity index (χ1v) is 9.03. The van der Waals surface area contributed by atoms with Crippen LogP contribution >= 0.6 is 15.9 Å². The van der Waals surface area contributed by atoms with Crippen LogP contribution in [0, 0.1) is 0 Å². The SMILES string of the molecule is C=CCNC(=O)c1ccccc1NC(=O)COc1ccc(CC)cc1Br. The van der Waals surface area contributed by atoms with Crippen LogP contribution in [0.4, 0.5) is 5.69 Å². The Bertz CT molecular complexity index is 805. The summed E-state index contributed by atoms with van der Waals surface area (Å²) in [6.07, 6.45) is 2.51. The van der Waals surface area contributed by atoms with Gasteiger partial charge >= 0.3 is 0 Å². The first-order chi connectivity index (χ1) is 12.5. The molecule has 2 aromatic rings. The van der Waals surface area contributed by atoms with Gasteiger partial charge < -0.3 is 15.4 Å². The van der Waals surface area contributed by atoms with Crippen molar-refractivity contribution in [2.75, 3.05) is 18.5 Å². The number of rotatable bonds is 8. The molecule has 2 aromatic carbocycles. The Morgan fingerprint density at radius 1 is 1.23 bits per heavy atom. The van der Waals surface area contributed by atoms with Crippen molar-refractivity contribution in [2.24, 2.45) is 0 Å². The molecule has 0 radical (unpaired) electrons. The van der Waals surface area contributed by atoms with E-state index in [9.17, 15) is 9.59 Å². The maximum atomic E-state index is 12.2. The van der Waals surface area contributed by atoms with Crippen molar-refractivity contribution in [1.29, 1.82) is 0 Å². The fourth-order valence-electron chi connectivity index (χ4n) is 2.26. The van der Waals surface area contributed by atoms with Crippen molar-refractivity contribution in [1.82, 2.24) is 5.32 Å². The number of ether oxygens (including phenoxy) is 1. The van der Waals surface area contributed by atoms with Gasteiger partial charge in [0.2, 0.25) is 0 Å². The minimum Gasteiger partial charge on any atom is -0.483 e. The number of para-hydroxylation sites is 1. The number of amides is 2. The topological polar surface area (TPSA) is 67.4 Å². The summed E-state index contributed by atoms with van der Waals surface area (Å²) in [7, 11) is 0. The molecule has 6 heteroatoms. The van der Waals surface area contributed by atoms with Crippen LogP contribution in [0.5, 0.6) is 5.75 Å². The molecule has 0 bridgehead atoms. The number of carbonyl (C=O) groups is 2. The van der Waals surface area contributed by atoms with Crippen LogP contribution in [-0.2, 0) is 11.2 Å². The van der Waals surface area contributed by atoms with Crippen molar-refractivity contribution in [2.45, 2.75) is 13.3 Å². The van der Waals surface area contributed by atoms with Gasteiger partial charge in [-0.25, -0.2) is 0 Å². The first-order valence-electron chi connectivity index (χ1n) is 8.24. The second kappa shape index (κ2) is 9.77. The van der Waals surface area contributed by atoms with E-state index in [-0.39, 0.29) is 18.4 Å². The fourth-order valence-corrected chi connectivity index (χ4v) is 2.80. The van der Waals surface area contributed by atoms with E-state index in [1.807, 2.05) is 18.2 Å². The molecule has 0 aliphatic heterocycles. The van der Waals surface area contributed by atoms with Crippen molar-refractivity contribution >= 4 is 33.4 Å². The second-order valence-electron chi connectivity index (χ2n) is 5.50. The molecular formula is C20H21BrN2O3. The summed E-state index contributed by atoms with van der Waals surface area (Å²) in [6, 6.07) is 12.6. The number of hydrogen-bond acceptors (Lipinski definition) is 3. The van der Waals surface area contributed by atoms with Crippen molar-refractivity contribution in [3.8, 4) is 5.75 Å². The minimum atomic E-state index is -0.347. The summed E-state index contributed by atoms with van der Waals surface area (Å²) < 4.78 is 6.36. The molecular weight excluding hydrogens is 396 g/mol. The predicted molar refractivity (Wildman–Crippen MR) is 107 cm³/mol. The summed E-state index contributed by atoms with van der Waals surface area (Å²) in [5.74, 6) is -0.0329. The van der Waals surface area contributed by atoms with Crippen LogP contribution < -0.4 is 15.4 Å². The van der Waals surface area contributed by atoms with Gasteiger partial charge in [0.05, 0.1) is 15.7 Å². The van der Waals surface area contributed by atoms with Gasteiger partial charge in [-0.3, -0.25) is 9.59 Å². The van der Waals surface area contributed by atoms with Gasteiger partial charge in [-0.2, -0.15) is 0 Å². The molecule has 2 amide bonds. The fraction of sp³-hybridized carbons (Fsp3) is 0.200. The van der Waals surface area contributed by atoms with Crippen molar-refractivity contribution < 1.29 is 14.3 Å². The molecule has 0 heterocycles. The summed E-state index contributed by atoms with van der Waals surface area (Å²) in [5.41, 5.74) is 1.99. The molecule has 2 rings (SSSR count). The number of benzene rings is 2. The molecule has 0 spiro atoms. The third-order valence-corrected chi connectivity index (χ3v) is 4.24. The molecule has 2 N–H and O–H groups in total. The minimum absolute atomic E-state index is 0.160. The van der Waals surface area contributed by atoms with Crippen LogP contribution in [-0.4, -0.2) is 25.0 Å². The summed E-state index contributed by atoms with van der Waals surface area (Å²) in [5, 5.41) is 5.41. The molecule has 136 valence electrons. The van der Waals surface area contributed by atoms with Gasteiger partial charge in [0.15, 0.2) is 6.61 Å². The lowest BCUT2D eigenvalue weighted by atomic mass is 10.1. The lowest BCUT2D eigenvalue weighted by molar-refractivity contribution is -0.118. The standard InChI is InChI=1S/C20H21BrN2O3/c1-3-11-22-20(25)15-7-5-6-8-17(15)23-19(24)13-26-18-10-9-14(4-2)12-16(18)21/h3,5-10,12H,1,4,11,13H2,2H3,(H,22,25)(H,23,24). The van der Waals surface area contributed by atoms with Gasteiger partial charge in [-0.1, -0.05) is 31.2 Å². The molecule has 0 atom stereocenters. The summed E-state index contributed by atoms with van der Waals surface area (Å²) in [6.45, 7) is 5.82. The molecule has 0 aliphatic rings. The highest BCUT2D eigenvalue weighted by molar-refractivity contribution is 9.10. The van der Waals surface area contributed by atoms with Gasteiger partial charge in [-0.15, -0.1) is 6.58 Å². The maximum absolute atomic E-state index is 12.2. The Labute approximate surface area is 161 Å². The molecule has 0 unspecified atom stereocenters. The lowest BCUT2D eigenvalue weighted by Gasteiger charge is -2.12. The zero-order valence-corrected chi connectivity index (χ0v) is 16.1. The molecule has 26 heavy (non-hydrogen) atoms. The van der Waals surface area contributed by atoms with E-state index in [2.05, 4.69) is 40.1 Å². The molecule has 5 nitrogen and oxygen atoms in total. The average Bonchev–Trinajstić information content (AvgIpc) is 2.65. The van der Waals surface area contributed by atoms with Gasteiger partial charge in [0.1, 0.15) is 5.75 Å². The smallest absolute Gasteiger partial charge is 0.262 e. The van der Waals surface area contributed by atoms with Crippen LogP contribution in [0.2, 0.25) is 0 Å². The number of hydrogen-bond donors (Lipinski definition) is 2. The Morgan fingerprint density at radius 2 is 2.00 bits per heavy atom. The lowest BCUT2D eigenvalue weighted by Crippen LogP contribution is -2.26. The third kappa shape index (κ3) is 5.46. The van der Waals surface area contributed by atoms with Crippen molar-refractivity contribution in [3.63, 3.8) is 0 Å². The summed E-state index contributed by atoms with van der Waals surface area (Å²) >= 11 is 3.44. The number of aryl methyl sites for hydroxylation is 1. The third-order valence-electron chi connectivity index (χ3n) is 3.62. The monoisotopic (exact) mass is 416 g/mol. The zero-order chi connectivity index (χ0) is 18.9. The highest BCUT2D eigenvalue weighted by Crippen LogP contribution is 2.26. The highest BCUT2D eigenvalue weighted by atomic mass is 79.9. The maximum Gasteiger partial charge on any atom is 0.262 e. The number of carbonyl (C=O) groups excluding carboxylic acids is 2. The normalized spacial score (nSPS) is 10.1. The van der Waals surface area contributed by atoms with E-state index in [0.717, 1.165) is 10.9 Å². The van der Waals surface area contributed by atoms with Gasteiger partial charge in [-0.05, 0) is 52.2 Å². The number of halogens is 1. The Kier molecular flexibility index (Phi) is 7.41. The molecule has 0 saturated heterocycles. The van der Waals surface area contributed by atoms with E-state index in [1.165, 1.54) is 5.56 Å². The second-order valence-corrected chi connectivity index (χ2v) is 6.35. The van der Waals surface area contributed by atoms with E-state index < -0.39 is 0 Å². The molecule has 0 saturated carbocycles. The molecule has 0 fully saturated rings. The van der Waals surface area contributed by atoms with Crippen molar-refractivity contribution in [3.05, 3.63) is 70.7 Å². The van der Waals surface area contributed by atoms with E-state index in [4.69, 9.17) is 4.74 Å². The highest BCUT2D eigenvalue weighted by Gasteiger charge is 2.13. The van der Waals surface area contributed by atoms with E-state index in [1.54, 1.807) is 30.3 Å². The largest absolute Gasteiger partial charge is 0.483 e. The predicted octanol–water partition coefficient (Wildman–Crippen LogP) is 3.94. The van der Waals surface area contributed by atoms with Gasteiger partial charge in [0.25, 0.3) is 11.8 Å². The van der Waals surface area contributed by atoms with Crippen LogP contribution in [0.3, 0.4) is 0 Å². The van der Waals surface area contributed by atoms with Gasteiger partial charge in [0, 0.05) is 6.54 Å². The average molecular weight is 417 g/mol. The van der Waals surface area contributed by atoms with Crippen LogP contribution in [0.25, 0.3) is 0 Å². The Balaban J connectivity index is 2.00. The Morgan fingerprint density at radius 3 is 2.69 bits per heavy atom. The Hall–Kier alpha value is -2.60. The number of nitrogens with one attached hydrogen (secondary N) is 2. The summed E-state index contributed by atoms with van der Waals surface area (Å²) in [4.78, 5) is 24.4.